The molecular formula is C22H22N2O4. The average molecular weight is 378 g/mol. The zero-order chi connectivity index (χ0) is 20.1. The summed E-state index contributed by atoms with van der Waals surface area (Å²) in [6, 6.07) is 16.4. The highest BCUT2D eigenvalue weighted by Crippen LogP contribution is 2.18. The normalized spacial score (nSPS) is 10.5. The molecule has 0 atom stereocenters. The average Bonchev–Trinajstić information content (AvgIpc) is 2.67. The second kappa shape index (κ2) is 8.52. The maximum absolute atomic E-state index is 12.6. The molecular weight excluding hydrogens is 356 g/mol. The summed E-state index contributed by atoms with van der Waals surface area (Å²) in [6.07, 6.45) is 0. The Morgan fingerprint density at radius 2 is 1.79 bits per heavy atom. The van der Waals surface area contributed by atoms with E-state index < -0.39 is 11.5 Å². The number of aromatic nitrogens is 2. The van der Waals surface area contributed by atoms with Gasteiger partial charge in [-0.25, -0.2) is 4.79 Å². The fraction of sp³-hybridized carbons (Fsp3) is 0.227. The van der Waals surface area contributed by atoms with Crippen molar-refractivity contribution < 1.29 is 14.3 Å². The molecule has 0 saturated heterocycles. The minimum absolute atomic E-state index is 0.0327. The van der Waals surface area contributed by atoms with Gasteiger partial charge in [0.2, 0.25) is 5.69 Å². The van der Waals surface area contributed by atoms with Crippen LogP contribution in [0, 0.1) is 13.8 Å². The first-order valence-corrected chi connectivity index (χ1v) is 9.05. The van der Waals surface area contributed by atoms with E-state index in [0.29, 0.717) is 5.69 Å². The molecule has 0 amide bonds. The number of aryl methyl sites for hydroxylation is 2. The van der Waals surface area contributed by atoms with Crippen molar-refractivity contribution in [2.45, 2.75) is 27.4 Å². The predicted octanol–water partition coefficient (Wildman–Crippen LogP) is 3.61. The molecule has 144 valence electrons. The quantitative estimate of drug-likeness (QED) is 0.613. The van der Waals surface area contributed by atoms with E-state index in [1.54, 1.807) is 19.1 Å². The molecule has 0 unspecified atom stereocenters. The van der Waals surface area contributed by atoms with E-state index in [9.17, 15) is 9.59 Å². The molecule has 2 aromatic carbocycles. The van der Waals surface area contributed by atoms with Gasteiger partial charge in [0.25, 0.3) is 5.56 Å². The number of hydrogen-bond donors (Lipinski definition) is 0. The van der Waals surface area contributed by atoms with Crippen LogP contribution in [-0.2, 0) is 11.3 Å². The van der Waals surface area contributed by atoms with Crippen molar-refractivity contribution in [3.8, 4) is 11.4 Å². The van der Waals surface area contributed by atoms with Gasteiger partial charge in [0.1, 0.15) is 6.61 Å². The van der Waals surface area contributed by atoms with E-state index >= 15 is 0 Å². The molecule has 6 nitrogen and oxygen atoms in total. The van der Waals surface area contributed by atoms with Crippen LogP contribution < -0.4 is 10.3 Å². The minimum atomic E-state index is -0.636. The third-order valence-corrected chi connectivity index (χ3v) is 4.12. The summed E-state index contributed by atoms with van der Waals surface area (Å²) in [5, 5.41) is 4.23. The number of carbonyl (C=O) groups is 1. The smallest absolute Gasteiger partial charge is 0.362 e. The number of benzene rings is 2. The largest absolute Gasteiger partial charge is 0.486 e. The van der Waals surface area contributed by atoms with Crippen LogP contribution in [0.4, 0.5) is 0 Å². The van der Waals surface area contributed by atoms with Gasteiger partial charge in [-0.05, 0) is 38.5 Å². The van der Waals surface area contributed by atoms with E-state index in [1.807, 2.05) is 50.2 Å². The van der Waals surface area contributed by atoms with Gasteiger partial charge in [0.05, 0.1) is 18.4 Å². The van der Waals surface area contributed by atoms with Gasteiger partial charge in [-0.3, -0.25) is 4.79 Å². The monoisotopic (exact) mass is 378 g/mol. The second-order valence-corrected chi connectivity index (χ2v) is 6.44. The van der Waals surface area contributed by atoms with Crippen molar-refractivity contribution in [3.63, 3.8) is 0 Å². The number of ether oxygens (including phenoxy) is 2. The predicted molar refractivity (Wildman–Crippen MR) is 106 cm³/mol. The summed E-state index contributed by atoms with van der Waals surface area (Å²) >= 11 is 0. The fourth-order valence-electron chi connectivity index (χ4n) is 2.73. The van der Waals surface area contributed by atoms with Crippen molar-refractivity contribution >= 4 is 5.97 Å². The maximum atomic E-state index is 12.6. The summed E-state index contributed by atoms with van der Waals surface area (Å²) < 4.78 is 12.0. The van der Waals surface area contributed by atoms with E-state index in [2.05, 4.69) is 5.10 Å². The zero-order valence-electron chi connectivity index (χ0n) is 16.1. The van der Waals surface area contributed by atoms with Gasteiger partial charge in [0.15, 0.2) is 5.75 Å². The highest BCUT2D eigenvalue weighted by Gasteiger charge is 2.20. The van der Waals surface area contributed by atoms with Gasteiger partial charge in [-0.1, -0.05) is 47.5 Å². The van der Waals surface area contributed by atoms with Gasteiger partial charge in [-0.15, -0.1) is 0 Å². The lowest BCUT2D eigenvalue weighted by Crippen LogP contribution is -2.25. The molecule has 0 fully saturated rings. The van der Waals surface area contributed by atoms with Crippen LogP contribution in [-0.4, -0.2) is 22.4 Å². The van der Waals surface area contributed by atoms with Gasteiger partial charge >= 0.3 is 5.97 Å². The lowest BCUT2D eigenvalue weighted by atomic mass is 10.1. The van der Waals surface area contributed by atoms with E-state index in [-0.39, 0.29) is 24.7 Å². The van der Waals surface area contributed by atoms with Crippen LogP contribution in [0.2, 0.25) is 0 Å². The Hall–Kier alpha value is -3.41. The van der Waals surface area contributed by atoms with Crippen LogP contribution in [0.15, 0.2) is 59.4 Å². The third kappa shape index (κ3) is 4.46. The first-order chi connectivity index (χ1) is 13.5. The molecule has 6 heteroatoms. The summed E-state index contributed by atoms with van der Waals surface area (Å²) in [6.45, 7) is 6.05. The molecule has 3 aromatic rings. The number of esters is 1. The first-order valence-electron chi connectivity index (χ1n) is 9.05. The topological polar surface area (TPSA) is 70.4 Å². The number of hydrogen-bond acceptors (Lipinski definition) is 5. The Bertz CT molecular complexity index is 1040. The number of carbonyl (C=O) groups excluding carboxylic acids is 1. The molecule has 0 spiro atoms. The lowest BCUT2D eigenvalue weighted by Gasteiger charge is -2.13. The van der Waals surface area contributed by atoms with Crippen molar-refractivity contribution in [1.29, 1.82) is 0 Å². The Morgan fingerprint density at radius 1 is 1.04 bits per heavy atom. The summed E-state index contributed by atoms with van der Waals surface area (Å²) in [5.41, 5.74) is 3.22. The molecule has 0 bridgehead atoms. The van der Waals surface area contributed by atoms with Crippen LogP contribution >= 0.6 is 0 Å². The van der Waals surface area contributed by atoms with Gasteiger partial charge < -0.3 is 9.47 Å². The van der Waals surface area contributed by atoms with E-state index in [1.165, 1.54) is 10.7 Å². The molecule has 28 heavy (non-hydrogen) atoms. The summed E-state index contributed by atoms with van der Waals surface area (Å²) in [4.78, 5) is 25.0. The van der Waals surface area contributed by atoms with Gasteiger partial charge in [0, 0.05) is 0 Å². The van der Waals surface area contributed by atoms with Gasteiger partial charge in [-0.2, -0.15) is 9.78 Å². The number of nitrogens with zero attached hydrogens (tertiary/aromatic N) is 2. The molecule has 0 aliphatic heterocycles. The fourth-order valence-corrected chi connectivity index (χ4v) is 2.73. The van der Waals surface area contributed by atoms with Crippen LogP contribution in [0.25, 0.3) is 5.69 Å². The van der Waals surface area contributed by atoms with Crippen molar-refractivity contribution in [1.82, 2.24) is 9.78 Å². The second-order valence-electron chi connectivity index (χ2n) is 6.44. The molecule has 1 heterocycles. The lowest BCUT2D eigenvalue weighted by molar-refractivity contribution is 0.0511. The van der Waals surface area contributed by atoms with Crippen LogP contribution in [0.5, 0.6) is 5.75 Å². The van der Waals surface area contributed by atoms with E-state index in [4.69, 9.17) is 9.47 Å². The standard InChI is InChI=1S/C22H22N2O4/c1-4-27-22(26)21-19(28-14-17-7-5-6-16(3)12-17)13-20(25)24(23-21)18-10-8-15(2)9-11-18/h5-13H,4,14H2,1-3H3. The van der Waals surface area contributed by atoms with Crippen LogP contribution in [0.3, 0.4) is 0 Å². The summed E-state index contributed by atoms with van der Waals surface area (Å²) in [7, 11) is 0. The SMILES string of the molecule is CCOC(=O)c1nn(-c2ccc(C)cc2)c(=O)cc1OCc1cccc(C)c1. The molecule has 0 N–H and O–H groups in total. The molecule has 0 aliphatic carbocycles. The molecule has 3 rings (SSSR count). The maximum Gasteiger partial charge on any atom is 0.362 e. The minimum Gasteiger partial charge on any atom is -0.486 e. The summed E-state index contributed by atoms with van der Waals surface area (Å²) in [5.74, 6) is -0.532. The zero-order valence-corrected chi connectivity index (χ0v) is 16.1. The Labute approximate surface area is 163 Å². The van der Waals surface area contributed by atoms with Crippen LogP contribution in [0.1, 0.15) is 34.1 Å². The van der Waals surface area contributed by atoms with E-state index in [0.717, 1.165) is 16.7 Å². The van der Waals surface area contributed by atoms with Crippen molar-refractivity contribution in [3.05, 3.63) is 87.3 Å². The Balaban J connectivity index is 1.98. The molecule has 0 radical (unpaired) electrons. The highest BCUT2D eigenvalue weighted by atomic mass is 16.5. The Kier molecular flexibility index (Phi) is 5.89. The Morgan fingerprint density at radius 3 is 2.46 bits per heavy atom. The molecule has 0 aliphatic rings. The molecule has 1 aromatic heterocycles. The van der Waals surface area contributed by atoms with Crippen molar-refractivity contribution in [2.75, 3.05) is 6.61 Å². The van der Waals surface area contributed by atoms with Crippen molar-refractivity contribution in [2.24, 2.45) is 0 Å². The molecule has 0 saturated carbocycles. The number of rotatable bonds is 6. The third-order valence-electron chi connectivity index (χ3n) is 4.12. The highest BCUT2D eigenvalue weighted by molar-refractivity contribution is 5.90. The first kappa shape index (κ1) is 19.4.